The van der Waals surface area contributed by atoms with Crippen LogP contribution in [-0.2, 0) is 6.54 Å². The Kier molecular flexibility index (Phi) is 5.23. The van der Waals surface area contributed by atoms with Crippen LogP contribution in [0.4, 0.5) is 0 Å². The number of ether oxygens (including phenoxy) is 2. The van der Waals surface area contributed by atoms with Gasteiger partial charge in [0.2, 0.25) is 0 Å². The maximum absolute atomic E-state index is 12.5. The number of rotatable bonds is 6. The topological polar surface area (TPSA) is 67.5 Å². The molecule has 0 saturated carbocycles. The van der Waals surface area contributed by atoms with Gasteiger partial charge in [-0.05, 0) is 25.6 Å². The van der Waals surface area contributed by atoms with Crippen LogP contribution in [0.1, 0.15) is 24.4 Å². The molecule has 2 aromatic carbocycles. The molecule has 0 aliphatic heterocycles. The Morgan fingerprint density at radius 1 is 1.12 bits per heavy atom. The number of aromatic nitrogens is 2. The highest BCUT2D eigenvalue weighted by Crippen LogP contribution is 2.30. The van der Waals surface area contributed by atoms with Crippen molar-refractivity contribution < 1.29 is 9.47 Å². The fourth-order valence-corrected chi connectivity index (χ4v) is 2.95. The first-order valence-corrected chi connectivity index (χ1v) is 8.43. The van der Waals surface area contributed by atoms with Crippen molar-refractivity contribution in [3.8, 4) is 11.5 Å². The Morgan fingerprint density at radius 3 is 2.42 bits per heavy atom. The molecule has 0 unspecified atom stereocenters. The molecule has 1 heterocycles. The van der Waals surface area contributed by atoms with E-state index in [4.69, 9.17) is 9.47 Å². The molecule has 0 radical (unpaired) electrons. The van der Waals surface area contributed by atoms with Gasteiger partial charge in [0.1, 0.15) is 5.82 Å². The number of nitrogens with zero attached hydrogens (tertiary/aromatic N) is 2. The van der Waals surface area contributed by atoms with Gasteiger partial charge in [0.15, 0.2) is 11.5 Å². The van der Waals surface area contributed by atoms with Crippen molar-refractivity contribution in [2.75, 3.05) is 21.3 Å². The normalized spacial score (nSPS) is 12.3. The van der Waals surface area contributed by atoms with E-state index in [2.05, 4.69) is 33.9 Å². The predicted octanol–water partition coefficient (Wildman–Crippen LogP) is 3.13. The summed E-state index contributed by atoms with van der Waals surface area (Å²) in [5.41, 5.74) is 1.61. The molecule has 0 saturated heterocycles. The summed E-state index contributed by atoms with van der Waals surface area (Å²) in [5.74, 6) is 1.67. The maximum atomic E-state index is 12.5. The zero-order chi connectivity index (χ0) is 18.7. The summed E-state index contributed by atoms with van der Waals surface area (Å²) in [6.07, 6.45) is 0. The van der Waals surface area contributed by atoms with Crippen LogP contribution in [-0.4, -0.2) is 36.1 Å². The first kappa shape index (κ1) is 17.9. The summed E-state index contributed by atoms with van der Waals surface area (Å²) >= 11 is 0. The Hall–Kier alpha value is -2.86. The number of methoxy groups -OCH3 is 2. The first-order chi connectivity index (χ1) is 12.5. The second kappa shape index (κ2) is 7.58. The predicted molar refractivity (Wildman–Crippen MR) is 102 cm³/mol. The third-order valence-electron chi connectivity index (χ3n) is 4.60. The second-order valence-corrected chi connectivity index (χ2v) is 6.24. The van der Waals surface area contributed by atoms with Crippen LogP contribution < -0.4 is 15.0 Å². The van der Waals surface area contributed by atoms with E-state index in [1.165, 1.54) is 5.56 Å². The minimum atomic E-state index is -0.188. The monoisotopic (exact) mass is 353 g/mol. The van der Waals surface area contributed by atoms with Crippen molar-refractivity contribution >= 4 is 10.9 Å². The number of hydrogen-bond acceptors (Lipinski definition) is 5. The van der Waals surface area contributed by atoms with Gasteiger partial charge >= 0.3 is 0 Å². The molecule has 3 aromatic rings. The van der Waals surface area contributed by atoms with E-state index in [-0.39, 0.29) is 11.6 Å². The lowest BCUT2D eigenvalue weighted by Gasteiger charge is -2.24. The third kappa shape index (κ3) is 3.55. The number of nitrogens with one attached hydrogen (secondary N) is 1. The lowest BCUT2D eigenvalue weighted by Crippen LogP contribution is -2.25. The minimum absolute atomic E-state index is 0.188. The largest absolute Gasteiger partial charge is 0.493 e. The van der Waals surface area contributed by atoms with Gasteiger partial charge < -0.3 is 14.5 Å². The van der Waals surface area contributed by atoms with Crippen LogP contribution in [0.5, 0.6) is 11.5 Å². The number of benzene rings is 2. The Morgan fingerprint density at radius 2 is 1.77 bits per heavy atom. The average Bonchev–Trinajstić information content (AvgIpc) is 2.67. The molecule has 0 spiro atoms. The van der Waals surface area contributed by atoms with E-state index in [1.807, 2.05) is 25.2 Å². The molecule has 0 fully saturated rings. The average molecular weight is 353 g/mol. The first-order valence-electron chi connectivity index (χ1n) is 8.43. The van der Waals surface area contributed by atoms with Crippen molar-refractivity contribution in [2.45, 2.75) is 19.5 Å². The van der Waals surface area contributed by atoms with E-state index in [9.17, 15) is 4.79 Å². The zero-order valence-electron chi connectivity index (χ0n) is 15.4. The van der Waals surface area contributed by atoms with Gasteiger partial charge in [-0.15, -0.1) is 0 Å². The van der Waals surface area contributed by atoms with Crippen LogP contribution in [0.3, 0.4) is 0 Å². The highest BCUT2D eigenvalue weighted by atomic mass is 16.5. The lowest BCUT2D eigenvalue weighted by molar-refractivity contribution is 0.247. The molecule has 0 amide bonds. The van der Waals surface area contributed by atoms with Gasteiger partial charge in [-0.1, -0.05) is 30.3 Å². The number of hydrogen-bond donors (Lipinski definition) is 1. The van der Waals surface area contributed by atoms with Crippen LogP contribution >= 0.6 is 0 Å². The molecular weight excluding hydrogens is 330 g/mol. The molecule has 0 aliphatic carbocycles. The van der Waals surface area contributed by atoms with E-state index >= 15 is 0 Å². The molecule has 1 aromatic heterocycles. The summed E-state index contributed by atoms with van der Waals surface area (Å²) in [6, 6.07) is 13.8. The highest BCUT2D eigenvalue weighted by Gasteiger charge is 2.15. The van der Waals surface area contributed by atoms with E-state index in [1.54, 1.807) is 26.4 Å². The van der Waals surface area contributed by atoms with Crippen molar-refractivity contribution in [3.05, 3.63) is 64.2 Å². The Balaban J connectivity index is 1.92. The third-order valence-corrected chi connectivity index (χ3v) is 4.60. The fourth-order valence-electron chi connectivity index (χ4n) is 2.95. The summed E-state index contributed by atoms with van der Waals surface area (Å²) in [5, 5.41) is 0.477. The van der Waals surface area contributed by atoms with Gasteiger partial charge in [-0.25, -0.2) is 4.98 Å². The fraction of sp³-hybridized carbons (Fsp3) is 0.300. The minimum Gasteiger partial charge on any atom is -0.493 e. The van der Waals surface area contributed by atoms with Gasteiger partial charge in [0.05, 0.1) is 31.7 Å². The summed E-state index contributed by atoms with van der Waals surface area (Å²) in [7, 11) is 5.11. The van der Waals surface area contributed by atoms with Crippen LogP contribution in [0.15, 0.2) is 47.3 Å². The molecule has 136 valence electrons. The number of aromatic amines is 1. The quantitative estimate of drug-likeness (QED) is 0.737. The molecule has 6 heteroatoms. The van der Waals surface area contributed by atoms with E-state index in [0.29, 0.717) is 34.8 Å². The van der Waals surface area contributed by atoms with Crippen molar-refractivity contribution in [1.82, 2.24) is 14.9 Å². The summed E-state index contributed by atoms with van der Waals surface area (Å²) in [4.78, 5) is 22.1. The summed E-state index contributed by atoms with van der Waals surface area (Å²) in [6.45, 7) is 2.65. The summed E-state index contributed by atoms with van der Waals surface area (Å²) < 4.78 is 10.6. The number of H-pyrrole nitrogens is 1. The van der Waals surface area contributed by atoms with Crippen LogP contribution in [0, 0.1) is 0 Å². The Bertz CT molecular complexity index is 954. The van der Waals surface area contributed by atoms with Gasteiger partial charge in [-0.3, -0.25) is 9.69 Å². The molecule has 0 bridgehead atoms. The van der Waals surface area contributed by atoms with E-state index < -0.39 is 0 Å². The molecule has 1 atom stereocenters. The standard InChI is InChI=1S/C20H23N3O3/c1-13(14-8-6-5-7-9-14)23(2)12-19-21-16-11-18(26-4)17(25-3)10-15(16)20(24)22-19/h5-11,13H,12H2,1-4H3,(H,21,22,24)/t13-/m0/s1. The van der Waals surface area contributed by atoms with E-state index in [0.717, 1.165) is 0 Å². The number of fused-ring (bicyclic) bond motifs is 1. The highest BCUT2D eigenvalue weighted by molar-refractivity contribution is 5.81. The zero-order valence-corrected chi connectivity index (χ0v) is 15.4. The smallest absolute Gasteiger partial charge is 0.258 e. The Labute approximate surface area is 152 Å². The maximum Gasteiger partial charge on any atom is 0.258 e. The van der Waals surface area contributed by atoms with Gasteiger partial charge in [-0.2, -0.15) is 0 Å². The van der Waals surface area contributed by atoms with Crippen molar-refractivity contribution in [2.24, 2.45) is 0 Å². The SMILES string of the molecule is COc1cc2nc(CN(C)[C@@H](C)c3ccccc3)[nH]c(=O)c2cc1OC. The molecule has 0 aliphatic rings. The van der Waals surface area contributed by atoms with Crippen molar-refractivity contribution in [1.29, 1.82) is 0 Å². The lowest BCUT2D eigenvalue weighted by atomic mass is 10.1. The van der Waals surface area contributed by atoms with Crippen molar-refractivity contribution in [3.63, 3.8) is 0 Å². The molecule has 6 nitrogen and oxygen atoms in total. The van der Waals surface area contributed by atoms with Crippen LogP contribution in [0.2, 0.25) is 0 Å². The van der Waals surface area contributed by atoms with Crippen LogP contribution in [0.25, 0.3) is 10.9 Å². The second-order valence-electron chi connectivity index (χ2n) is 6.24. The molecule has 3 rings (SSSR count). The molecule has 26 heavy (non-hydrogen) atoms. The molecule has 1 N–H and O–H groups in total. The van der Waals surface area contributed by atoms with Gasteiger partial charge in [0.25, 0.3) is 5.56 Å². The molecular formula is C20H23N3O3. The van der Waals surface area contributed by atoms with Gasteiger partial charge in [0, 0.05) is 12.1 Å².